The molecule has 1 fully saturated rings. The van der Waals surface area contributed by atoms with Gasteiger partial charge >= 0.3 is 5.69 Å². The van der Waals surface area contributed by atoms with Gasteiger partial charge in [0.05, 0.1) is 17.0 Å². The molecule has 6 nitrogen and oxygen atoms in total. The minimum atomic E-state index is -0.197. The number of aryl methyl sites for hydroxylation is 1. The molecule has 0 bridgehead atoms. The summed E-state index contributed by atoms with van der Waals surface area (Å²) in [5, 5.41) is 8.17. The molecule has 0 radical (unpaired) electrons. The molecule has 2 aromatic heterocycles. The van der Waals surface area contributed by atoms with Crippen molar-refractivity contribution in [2.24, 2.45) is 7.05 Å². The summed E-state index contributed by atoms with van der Waals surface area (Å²) in [6.07, 6.45) is 1.98. The number of carbonyl (C=O) groups excluding carboxylic acids is 1. The maximum Gasteiger partial charge on any atom is 0.344 e. The Morgan fingerprint density at radius 1 is 1.14 bits per heavy atom. The first kappa shape index (κ1) is 18.0. The number of fused-ring (bicyclic) bond motifs is 1. The highest BCUT2D eigenvalue weighted by atomic mass is 32.2. The van der Waals surface area contributed by atoms with Gasteiger partial charge in [0.15, 0.2) is 10.9 Å². The second-order valence-corrected chi connectivity index (χ2v) is 8.23. The van der Waals surface area contributed by atoms with Gasteiger partial charge in [-0.05, 0) is 24.5 Å². The molecule has 0 amide bonds. The van der Waals surface area contributed by atoms with Gasteiger partial charge in [-0.3, -0.25) is 9.36 Å². The van der Waals surface area contributed by atoms with Gasteiger partial charge in [0.25, 0.3) is 0 Å². The van der Waals surface area contributed by atoms with E-state index in [4.69, 9.17) is 0 Å². The van der Waals surface area contributed by atoms with Crippen LogP contribution in [-0.4, -0.2) is 30.9 Å². The fourth-order valence-corrected chi connectivity index (χ4v) is 4.74. The largest absolute Gasteiger partial charge is 0.344 e. The number of H-pyrrole nitrogens is 1. The van der Waals surface area contributed by atoms with Crippen LogP contribution in [0.5, 0.6) is 0 Å². The normalized spacial score (nSPS) is 13.8. The van der Waals surface area contributed by atoms with Gasteiger partial charge in [-0.25, -0.2) is 9.89 Å². The first-order chi connectivity index (χ1) is 14.1. The van der Waals surface area contributed by atoms with Gasteiger partial charge in [-0.2, -0.15) is 0 Å². The van der Waals surface area contributed by atoms with E-state index in [1.807, 2.05) is 61.6 Å². The lowest BCUT2D eigenvalue weighted by atomic mass is 10.0. The second-order valence-electron chi connectivity index (χ2n) is 7.29. The van der Waals surface area contributed by atoms with Crippen molar-refractivity contribution in [3.05, 3.63) is 70.6 Å². The summed E-state index contributed by atoms with van der Waals surface area (Å²) in [7, 11) is 1.99. The number of nitrogens with zero attached hydrogens (tertiary/aromatic N) is 3. The molecule has 1 saturated carbocycles. The average molecular weight is 404 g/mol. The van der Waals surface area contributed by atoms with Crippen LogP contribution < -0.4 is 5.69 Å². The van der Waals surface area contributed by atoms with Crippen LogP contribution in [0.4, 0.5) is 0 Å². The molecule has 0 unspecified atom stereocenters. The molecule has 5 rings (SSSR count). The molecule has 29 heavy (non-hydrogen) atoms. The number of carbonyl (C=O) groups is 1. The molecule has 1 aliphatic carbocycles. The molecule has 0 spiro atoms. The third-order valence-corrected chi connectivity index (χ3v) is 6.30. The molecule has 0 aliphatic heterocycles. The van der Waals surface area contributed by atoms with Crippen molar-refractivity contribution in [1.82, 2.24) is 19.3 Å². The van der Waals surface area contributed by atoms with Crippen molar-refractivity contribution in [2.45, 2.75) is 24.0 Å². The number of thioether (sulfide) groups is 1. The van der Waals surface area contributed by atoms with Crippen molar-refractivity contribution < 1.29 is 4.79 Å². The van der Waals surface area contributed by atoms with E-state index in [0.717, 1.165) is 40.6 Å². The number of benzene rings is 2. The monoisotopic (exact) mass is 404 g/mol. The predicted octanol–water partition coefficient (Wildman–Crippen LogP) is 4.04. The lowest BCUT2D eigenvalue weighted by Gasteiger charge is -2.08. The number of para-hydroxylation sites is 1. The molecule has 7 heteroatoms. The quantitative estimate of drug-likeness (QED) is 0.389. The molecule has 0 atom stereocenters. The Labute approximate surface area is 171 Å². The van der Waals surface area contributed by atoms with E-state index in [1.54, 1.807) is 4.57 Å². The number of ketones is 1. The molecule has 4 aromatic rings. The lowest BCUT2D eigenvalue weighted by molar-refractivity contribution is 0.102. The van der Waals surface area contributed by atoms with Crippen molar-refractivity contribution >= 4 is 28.4 Å². The maximum atomic E-state index is 13.4. The van der Waals surface area contributed by atoms with Crippen molar-refractivity contribution in [3.63, 3.8) is 0 Å². The zero-order valence-corrected chi connectivity index (χ0v) is 16.8. The number of Topliss-reactive ketones (excluding diaryl/α,β-unsaturated/α-hetero) is 1. The summed E-state index contributed by atoms with van der Waals surface area (Å²) in [4.78, 5) is 25.4. The second kappa shape index (κ2) is 7.08. The summed E-state index contributed by atoms with van der Waals surface area (Å²) in [6, 6.07) is 18.2. The highest BCUT2D eigenvalue weighted by Crippen LogP contribution is 2.37. The van der Waals surface area contributed by atoms with E-state index in [2.05, 4.69) is 14.8 Å². The molecular formula is C22H20N4O2S. The van der Waals surface area contributed by atoms with E-state index < -0.39 is 0 Å². The Bertz CT molecular complexity index is 1270. The van der Waals surface area contributed by atoms with Gasteiger partial charge in [-0.1, -0.05) is 60.3 Å². The minimum Gasteiger partial charge on any atom is -0.343 e. The number of rotatable bonds is 6. The van der Waals surface area contributed by atoms with Gasteiger partial charge in [0, 0.05) is 24.0 Å². The highest BCUT2D eigenvalue weighted by molar-refractivity contribution is 7.99. The fourth-order valence-electron chi connectivity index (χ4n) is 3.86. The number of aromatic nitrogens is 4. The summed E-state index contributed by atoms with van der Waals surface area (Å²) in [5.74, 6) is 0.258. The Hall–Kier alpha value is -3.06. The van der Waals surface area contributed by atoms with Crippen LogP contribution in [0, 0.1) is 0 Å². The predicted molar refractivity (Wildman–Crippen MR) is 115 cm³/mol. The smallest absolute Gasteiger partial charge is 0.343 e. The summed E-state index contributed by atoms with van der Waals surface area (Å²) >= 11 is 1.32. The molecule has 1 N–H and O–H groups in total. The third kappa shape index (κ3) is 3.11. The summed E-state index contributed by atoms with van der Waals surface area (Å²) < 4.78 is 3.76. The van der Waals surface area contributed by atoms with Crippen LogP contribution in [-0.2, 0) is 7.05 Å². The minimum absolute atomic E-state index is 0.0310. The molecule has 0 saturated heterocycles. The summed E-state index contributed by atoms with van der Waals surface area (Å²) in [5.41, 5.74) is 3.47. The van der Waals surface area contributed by atoms with E-state index >= 15 is 0 Å². The van der Waals surface area contributed by atoms with Gasteiger partial charge < -0.3 is 4.57 Å². The Balaban J connectivity index is 1.54. The highest BCUT2D eigenvalue weighted by Gasteiger charge is 2.29. The van der Waals surface area contributed by atoms with Crippen LogP contribution in [0.3, 0.4) is 0 Å². The molecule has 2 heterocycles. The zero-order chi connectivity index (χ0) is 20.0. The van der Waals surface area contributed by atoms with E-state index in [-0.39, 0.29) is 23.3 Å². The van der Waals surface area contributed by atoms with Crippen molar-refractivity contribution in [2.75, 3.05) is 5.75 Å². The fraction of sp³-hybridized carbons (Fsp3) is 0.227. The number of hydrogen-bond donors (Lipinski definition) is 1. The van der Waals surface area contributed by atoms with Gasteiger partial charge in [0.2, 0.25) is 0 Å². The Kier molecular flexibility index (Phi) is 4.39. The maximum absolute atomic E-state index is 13.4. The van der Waals surface area contributed by atoms with E-state index in [0.29, 0.717) is 5.16 Å². The lowest BCUT2D eigenvalue weighted by Crippen LogP contribution is -2.16. The first-order valence-corrected chi connectivity index (χ1v) is 10.6. The van der Waals surface area contributed by atoms with Crippen LogP contribution >= 0.6 is 11.8 Å². The number of hydrogen-bond acceptors (Lipinski definition) is 4. The van der Waals surface area contributed by atoms with Crippen molar-refractivity contribution in [3.8, 4) is 11.3 Å². The first-order valence-electron chi connectivity index (χ1n) is 9.61. The SMILES string of the molecule is Cn1c(-c2ccccc2)c(C(=O)CSc2n[nH]c(=O)n2C2CC2)c2ccccc21. The summed E-state index contributed by atoms with van der Waals surface area (Å²) in [6.45, 7) is 0. The standard InChI is InChI=1S/C22H20N4O2S/c1-25-17-10-6-5-9-16(17)19(20(25)14-7-3-2-4-8-14)18(27)13-29-22-24-23-21(28)26(22)15-11-12-15/h2-10,15H,11-13H2,1H3,(H,23,28). The van der Waals surface area contributed by atoms with E-state index in [9.17, 15) is 9.59 Å². The average Bonchev–Trinajstić information content (AvgIpc) is 3.45. The van der Waals surface area contributed by atoms with Crippen LogP contribution in [0.15, 0.2) is 64.5 Å². The van der Waals surface area contributed by atoms with Crippen LogP contribution in [0.2, 0.25) is 0 Å². The molecule has 2 aromatic carbocycles. The zero-order valence-electron chi connectivity index (χ0n) is 16.0. The number of nitrogens with one attached hydrogen (secondary N) is 1. The molecule has 146 valence electrons. The molecule has 1 aliphatic rings. The Morgan fingerprint density at radius 3 is 2.62 bits per heavy atom. The number of aromatic amines is 1. The van der Waals surface area contributed by atoms with Crippen molar-refractivity contribution in [1.29, 1.82) is 0 Å². The van der Waals surface area contributed by atoms with Crippen LogP contribution in [0.1, 0.15) is 29.2 Å². The molecular weight excluding hydrogens is 384 g/mol. The topological polar surface area (TPSA) is 72.7 Å². The Morgan fingerprint density at radius 2 is 1.86 bits per heavy atom. The van der Waals surface area contributed by atoms with Crippen LogP contribution in [0.25, 0.3) is 22.2 Å². The van der Waals surface area contributed by atoms with Gasteiger partial charge in [0.1, 0.15) is 0 Å². The van der Waals surface area contributed by atoms with Gasteiger partial charge in [-0.15, -0.1) is 5.10 Å². The van der Waals surface area contributed by atoms with E-state index in [1.165, 1.54) is 11.8 Å². The third-order valence-electron chi connectivity index (χ3n) is 5.35.